The SMILES string of the molecule is CCN1C(=O)/C(=C/c2cccc([N+](=O)[O-])c2)SC1=NS(=O)(=O)c1ccc(Br)cc1. The van der Waals surface area contributed by atoms with Gasteiger partial charge in [-0.15, -0.1) is 4.40 Å². The number of thioether (sulfide) groups is 1. The Morgan fingerprint density at radius 1 is 1.24 bits per heavy atom. The van der Waals surface area contributed by atoms with Crippen LogP contribution in [0.2, 0.25) is 0 Å². The summed E-state index contributed by atoms with van der Waals surface area (Å²) in [5, 5.41) is 11.0. The van der Waals surface area contributed by atoms with Gasteiger partial charge in [0.25, 0.3) is 21.6 Å². The minimum absolute atomic E-state index is 0.00779. The first kappa shape index (κ1) is 21.2. The summed E-state index contributed by atoms with van der Waals surface area (Å²) in [6, 6.07) is 11.8. The molecule has 0 saturated carbocycles. The van der Waals surface area contributed by atoms with Crippen molar-refractivity contribution in [2.45, 2.75) is 11.8 Å². The van der Waals surface area contributed by atoms with Gasteiger partial charge in [-0.3, -0.25) is 19.8 Å². The molecule has 0 spiro atoms. The molecule has 29 heavy (non-hydrogen) atoms. The number of non-ortho nitro benzene ring substituents is 1. The van der Waals surface area contributed by atoms with E-state index in [1.807, 2.05) is 0 Å². The normalized spacial score (nSPS) is 17.3. The molecule has 0 bridgehead atoms. The number of amidine groups is 1. The Kier molecular flexibility index (Phi) is 6.20. The van der Waals surface area contributed by atoms with Gasteiger partial charge >= 0.3 is 0 Å². The topological polar surface area (TPSA) is 110 Å². The lowest BCUT2D eigenvalue weighted by molar-refractivity contribution is -0.384. The third-order valence-electron chi connectivity index (χ3n) is 3.89. The van der Waals surface area contributed by atoms with Gasteiger partial charge in [-0.05, 0) is 54.6 Å². The van der Waals surface area contributed by atoms with Gasteiger partial charge in [-0.25, -0.2) is 0 Å². The van der Waals surface area contributed by atoms with Gasteiger partial charge in [0.1, 0.15) is 0 Å². The highest BCUT2D eigenvalue weighted by Gasteiger charge is 2.34. The highest BCUT2D eigenvalue weighted by Crippen LogP contribution is 2.34. The van der Waals surface area contributed by atoms with Gasteiger partial charge in [-0.2, -0.15) is 8.42 Å². The summed E-state index contributed by atoms with van der Waals surface area (Å²) >= 11 is 4.16. The maximum atomic E-state index is 12.7. The highest BCUT2D eigenvalue weighted by molar-refractivity contribution is 9.10. The molecule has 0 radical (unpaired) electrons. The zero-order valence-electron chi connectivity index (χ0n) is 15.0. The Bertz CT molecular complexity index is 1140. The first-order valence-corrected chi connectivity index (χ1v) is 11.3. The number of hydrogen-bond acceptors (Lipinski definition) is 6. The third-order valence-corrected chi connectivity index (χ3v) is 6.82. The number of nitrogens with zero attached hydrogens (tertiary/aromatic N) is 3. The largest absolute Gasteiger partial charge is 0.286 e. The predicted molar refractivity (Wildman–Crippen MR) is 115 cm³/mol. The monoisotopic (exact) mass is 495 g/mol. The van der Waals surface area contributed by atoms with E-state index >= 15 is 0 Å². The number of likely N-dealkylation sites (N-methyl/N-ethyl adjacent to an activating group) is 1. The summed E-state index contributed by atoms with van der Waals surface area (Å²) in [5.41, 5.74) is 0.358. The van der Waals surface area contributed by atoms with Gasteiger partial charge in [0.15, 0.2) is 5.17 Å². The van der Waals surface area contributed by atoms with E-state index in [9.17, 15) is 23.3 Å². The molecule has 1 saturated heterocycles. The standard InChI is InChI=1S/C18H14BrN3O5S2/c1-2-21-17(23)16(11-12-4-3-5-14(10-12)22(24)25)28-18(21)20-29(26,27)15-8-6-13(19)7-9-15/h3-11H,2H2,1H3/b16-11-,20-18?. The molecule has 8 nitrogen and oxygen atoms in total. The number of carbonyl (C=O) groups excluding carboxylic acids is 1. The van der Waals surface area contributed by atoms with Crippen molar-refractivity contribution in [3.63, 3.8) is 0 Å². The number of rotatable bonds is 5. The summed E-state index contributed by atoms with van der Waals surface area (Å²) in [7, 11) is -4.01. The average molecular weight is 496 g/mol. The van der Waals surface area contributed by atoms with Gasteiger partial charge < -0.3 is 0 Å². The van der Waals surface area contributed by atoms with Crippen LogP contribution in [0.15, 0.2) is 67.2 Å². The highest BCUT2D eigenvalue weighted by atomic mass is 79.9. The minimum atomic E-state index is -4.01. The molecule has 2 aromatic rings. The molecule has 11 heteroatoms. The van der Waals surface area contributed by atoms with E-state index in [4.69, 9.17) is 0 Å². The van der Waals surface area contributed by atoms with Crippen LogP contribution in [0.4, 0.5) is 5.69 Å². The number of amides is 1. The Labute approximate surface area is 179 Å². The smallest absolute Gasteiger partial charge is 0.284 e. The van der Waals surface area contributed by atoms with Crippen LogP contribution >= 0.6 is 27.7 Å². The second-order valence-electron chi connectivity index (χ2n) is 5.82. The van der Waals surface area contributed by atoms with E-state index in [-0.39, 0.29) is 27.2 Å². The Morgan fingerprint density at radius 2 is 1.93 bits per heavy atom. The van der Waals surface area contributed by atoms with Crippen LogP contribution in [0.3, 0.4) is 0 Å². The Morgan fingerprint density at radius 3 is 2.55 bits per heavy atom. The van der Waals surface area contributed by atoms with Crippen LogP contribution in [0.25, 0.3) is 6.08 Å². The predicted octanol–water partition coefficient (Wildman–Crippen LogP) is 4.04. The molecule has 1 amide bonds. The van der Waals surface area contributed by atoms with E-state index < -0.39 is 20.9 Å². The molecule has 2 aromatic carbocycles. The summed E-state index contributed by atoms with van der Waals surface area (Å²) in [5.74, 6) is -0.409. The molecule has 0 N–H and O–H groups in total. The van der Waals surface area contributed by atoms with Crippen LogP contribution < -0.4 is 0 Å². The number of carbonyl (C=O) groups is 1. The molecular formula is C18H14BrN3O5S2. The van der Waals surface area contributed by atoms with Gasteiger partial charge in [-0.1, -0.05) is 28.1 Å². The molecule has 0 atom stereocenters. The van der Waals surface area contributed by atoms with Crippen molar-refractivity contribution >= 4 is 60.6 Å². The molecule has 0 aromatic heterocycles. The molecule has 0 unspecified atom stereocenters. The molecule has 1 aliphatic heterocycles. The minimum Gasteiger partial charge on any atom is -0.286 e. The molecule has 1 aliphatic rings. The number of nitro groups is 1. The molecule has 150 valence electrons. The van der Waals surface area contributed by atoms with Crippen LogP contribution in [0.1, 0.15) is 12.5 Å². The number of halogens is 1. The van der Waals surface area contributed by atoms with Crippen molar-refractivity contribution in [2.24, 2.45) is 4.40 Å². The van der Waals surface area contributed by atoms with Crippen LogP contribution in [-0.2, 0) is 14.8 Å². The number of benzene rings is 2. The van der Waals surface area contributed by atoms with E-state index in [0.717, 1.165) is 16.2 Å². The fourth-order valence-corrected chi connectivity index (χ4v) is 5.01. The van der Waals surface area contributed by atoms with E-state index in [1.54, 1.807) is 25.1 Å². The first-order chi connectivity index (χ1) is 13.7. The molecular weight excluding hydrogens is 482 g/mol. The summed E-state index contributed by atoms with van der Waals surface area (Å²) in [6.45, 7) is 1.93. The van der Waals surface area contributed by atoms with Crippen molar-refractivity contribution in [1.82, 2.24) is 4.90 Å². The van der Waals surface area contributed by atoms with E-state index in [2.05, 4.69) is 20.3 Å². The zero-order chi connectivity index (χ0) is 21.2. The van der Waals surface area contributed by atoms with Crippen molar-refractivity contribution in [3.05, 3.63) is 73.6 Å². The van der Waals surface area contributed by atoms with Crippen molar-refractivity contribution in [1.29, 1.82) is 0 Å². The van der Waals surface area contributed by atoms with E-state index in [0.29, 0.717) is 5.56 Å². The van der Waals surface area contributed by atoms with Crippen molar-refractivity contribution in [3.8, 4) is 0 Å². The quantitative estimate of drug-likeness (QED) is 0.351. The maximum Gasteiger partial charge on any atom is 0.284 e. The van der Waals surface area contributed by atoms with Crippen LogP contribution in [0.5, 0.6) is 0 Å². The fourth-order valence-electron chi connectivity index (χ4n) is 2.50. The summed E-state index contributed by atoms with van der Waals surface area (Å²) in [6.07, 6.45) is 1.48. The molecule has 1 fully saturated rings. The number of nitro benzene ring substituents is 1. The average Bonchev–Trinajstić information content (AvgIpc) is 2.95. The molecule has 3 rings (SSSR count). The zero-order valence-corrected chi connectivity index (χ0v) is 18.2. The molecule has 1 heterocycles. The fraction of sp³-hybridized carbons (Fsp3) is 0.111. The second-order valence-corrected chi connectivity index (χ2v) is 9.34. The summed E-state index contributed by atoms with van der Waals surface area (Å²) < 4.78 is 29.8. The lowest BCUT2D eigenvalue weighted by atomic mass is 10.2. The lowest BCUT2D eigenvalue weighted by Gasteiger charge is -2.11. The van der Waals surface area contributed by atoms with Crippen molar-refractivity contribution in [2.75, 3.05) is 6.54 Å². The lowest BCUT2D eigenvalue weighted by Crippen LogP contribution is -2.29. The van der Waals surface area contributed by atoms with Gasteiger partial charge in [0.05, 0.1) is 14.7 Å². The van der Waals surface area contributed by atoms with Crippen LogP contribution in [0, 0.1) is 10.1 Å². The maximum absolute atomic E-state index is 12.7. The van der Waals surface area contributed by atoms with Crippen molar-refractivity contribution < 1.29 is 18.1 Å². The first-order valence-electron chi connectivity index (χ1n) is 8.27. The summed E-state index contributed by atoms with van der Waals surface area (Å²) in [4.78, 5) is 24.6. The van der Waals surface area contributed by atoms with Crippen LogP contribution in [-0.4, -0.2) is 35.9 Å². The number of sulfonamides is 1. The third kappa shape index (κ3) is 4.74. The van der Waals surface area contributed by atoms with Gasteiger partial charge in [0.2, 0.25) is 0 Å². The Hall–Kier alpha value is -2.50. The number of hydrogen-bond donors (Lipinski definition) is 0. The second kappa shape index (κ2) is 8.47. The molecule has 0 aliphatic carbocycles. The van der Waals surface area contributed by atoms with Gasteiger partial charge in [0, 0.05) is 23.2 Å². The van der Waals surface area contributed by atoms with E-state index in [1.165, 1.54) is 41.3 Å². The Balaban J connectivity index is 1.97.